The van der Waals surface area contributed by atoms with Crippen LogP contribution in [0.15, 0.2) is 522 Å². The van der Waals surface area contributed by atoms with Gasteiger partial charge in [-0.15, -0.1) is 6.42 Å². The molecule has 28 rings (SSSR count). The van der Waals surface area contributed by atoms with Gasteiger partial charge in [-0.3, -0.25) is 0 Å². The number of hydrogen-bond acceptors (Lipinski definition) is 4. The molecule has 0 aliphatic heterocycles. The fraction of sp³-hybridized carbons (Fsp3) is 0.00699. The molecule has 0 bridgehead atoms. The van der Waals surface area contributed by atoms with Crippen LogP contribution < -0.4 is 0 Å². The van der Waals surface area contributed by atoms with Crippen LogP contribution in [0.1, 0.15) is 38.9 Å². The Morgan fingerprint density at radius 2 is 0.476 bits per heavy atom. The monoisotopic (exact) mass is 1860 g/mol. The third-order valence-corrected chi connectivity index (χ3v) is 29.4. The van der Waals surface area contributed by atoms with Crippen LogP contribution in [0.2, 0.25) is 0 Å². The third kappa shape index (κ3) is 16.1. The first-order chi connectivity index (χ1) is 72.7. The van der Waals surface area contributed by atoms with Crippen LogP contribution in [0, 0.1) is 30.6 Å². The fourth-order valence-corrected chi connectivity index (χ4v) is 22.4. The molecular formula is C143H90N4. The molecule has 3 heterocycles. The van der Waals surface area contributed by atoms with E-state index in [0.717, 1.165) is 154 Å². The van der Waals surface area contributed by atoms with Gasteiger partial charge in [-0.1, -0.05) is 460 Å². The molecular weight excluding hydrogens is 1770 g/mol. The van der Waals surface area contributed by atoms with Gasteiger partial charge in [0.05, 0.1) is 44.7 Å². The molecule has 0 radical (unpaired) electrons. The summed E-state index contributed by atoms with van der Waals surface area (Å²) >= 11 is 0. The Hall–Kier alpha value is -19.6. The summed E-state index contributed by atoms with van der Waals surface area (Å²) in [5.74, 6) is 2.85. The Morgan fingerprint density at radius 1 is 0.184 bits per heavy atom. The first kappa shape index (κ1) is 87.6. The average molecular weight is 1860 g/mol. The molecule has 0 saturated heterocycles. The molecule has 0 spiro atoms. The number of aryl methyl sites for hydroxylation is 1. The Kier molecular flexibility index (Phi) is 22.3. The van der Waals surface area contributed by atoms with Gasteiger partial charge < -0.3 is 0 Å². The van der Waals surface area contributed by atoms with E-state index < -0.39 is 0 Å². The van der Waals surface area contributed by atoms with Gasteiger partial charge in [0.2, 0.25) is 0 Å². The van der Waals surface area contributed by atoms with E-state index in [1.807, 2.05) is 30.3 Å². The summed E-state index contributed by atoms with van der Waals surface area (Å²) in [4.78, 5) is 16.2. The van der Waals surface area contributed by atoms with Crippen LogP contribution in [0.3, 0.4) is 0 Å². The molecule has 0 amide bonds. The first-order valence-electron chi connectivity index (χ1n) is 50.1. The van der Waals surface area contributed by atoms with E-state index in [-0.39, 0.29) is 0 Å². The Labute approximate surface area is 851 Å². The van der Waals surface area contributed by atoms with Crippen LogP contribution >= 0.6 is 0 Å². The second-order valence-corrected chi connectivity index (χ2v) is 38.1. The van der Waals surface area contributed by atoms with Crippen molar-refractivity contribution in [1.82, 2.24) is 15.0 Å². The summed E-state index contributed by atoms with van der Waals surface area (Å²) in [7, 11) is 0. The molecule has 4 nitrogen and oxygen atoms in total. The summed E-state index contributed by atoms with van der Waals surface area (Å²) in [6.45, 7) is 2.17. The zero-order chi connectivity index (χ0) is 97.9. The zero-order valence-corrected chi connectivity index (χ0v) is 80.5. The number of nitrogens with zero attached hydrogens (tertiary/aromatic N) is 4. The normalized spacial score (nSPS) is 11.4. The summed E-state index contributed by atoms with van der Waals surface area (Å²) in [6.07, 6.45) is 5.91. The van der Waals surface area contributed by atoms with Crippen LogP contribution in [-0.4, -0.2) is 15.0 Å². The topological polar surface area (TPSA) is 62.5 Å². The molecule has 4 heteroatoms. The number of pyridine rings is 3. The molecule has 0 fully saturated rings. The highest BCUT2D eigenvalue weighted by atomic mass is 14.7. The van der Waals surface area contributed by atoms with E-state index in [1.165, 1.54) is 131 Å². The molecule has 147 heavy (non-hydrogen) atoms. The largest absolute Gasteiger partial charge is 0.246 e. The molecule has 0 aliphatic carbocycles. The van der Waals surface area contributed by atoms with Gasteiger partial charge in [0.15, 0.2) is 0 Å². The van der Waals surface area contributed by atoms with Crippen molar-refractivity contribution in [1.29, 1.82) is 5.26 Å². The molecule has 0 aliphatic rings. The van der Waals surface area contributed by atoms with Crippen molar-refractivity contribution in [3.05, 3.63) is 561 Å². The number of terminal acetylenes is 1. The Balaban J connectivity index is 0.000000115. The Morgan fingerprint density at radius 3 is 0.871 bits per heavy atom. The summed E-state index contributed by atoms with van der Waals surface area (Å²) < 4.78 is 0. The number of hydrogen-bond donors (Lipinski definition) is 0. The predicted molar refractivity (Wildman–Crippen MR) is 623 cm³/mol. The summed E-state index contributed by atoms with van der Waals surface area (Å²) in [5.41, 5.74) is 34.5. The molecule has 0 N–H and O–H groups in total. The van der Waals surface area contributed by atoms with E-state index in [4.69, 9.17) is 26.6 Å². The van der Waals surface area contributed by atoms with Crippen molar-refractivity contribution in [2.45, 2.75) is 6.92 Å². The van der Waals surface area contributed by atoms with E-state index in [0.29, 0.717) is 5.56 Å². The molecule has 682 valence electrons. The van der Waals surface area contributed by atoms with Crippen LogP contribution in [0.25, 0.3) is 252 Å². The SMILES string of the molecule is C#Cc1cccc(-c2cc(-c3cc4ccccc4c4ccccc34)cc(-c3c4ccc5ccccc5c4nc4c3ccc3ccccc34)c2)c1.Cc1cccc(-c2cc(-c3cccc(C(=C(c4ccccc4)c4ccccc4)c4ccccc4)c3)cc(-c3c4ccc5ccccc5c4nc4c3ccc3ccccc34)c2)c1.N#Cc1ccc(-c2ccc(-c3c4ccc5ccccc5c4nc4c3ccc3ccccc34)cc2)cc1. The van der Waals surface area contributed by atoms with E-state index in [2.05, 4.69) is 510 Å². The average Bonchev–Trinajstić information content (AvgIpc) is 0.731. The lowest BCUT2D eigenvalue weighted by molar-refractivity contribution is 1.46. The van der Waals surface area contributed by atoms with E-state index in [1.54, 1.807) is 0 Å². The number of rotatable bonds is 12. The molecule has 0 atom stereocenters. The van der Waals surface area contributed by atoms with Crippen LogP contribution in [-0.2, 0) is 0 Å². The van der Waals surface area contributed by atoms with Crippen molar-refractivity contribution in [2.75, 3.05) is 0 Å². The highest BCUT2D eigenvalue weighted by molar-refractivity contribution is 6.26. The molecule has 28 aromatic rings. The highest BCUT2D eigenvalue weighted by Gasteiger charge is 2.25. The standard InChI is InChI=1S/C60H41N.C49H29N.C34H20N2/c1-40-17-15-26-46(35-40)49-37-50(47-27-16-28-48(36-47)57(45-24-9-4-10-25-45)56(43-20-5-2-6-21-43)44-22-7-3-8-23-44)39-51(38-49)58-54-33-31-41-18-11-13-29-52(41)59(54)61-60-53-30-14-12-19-42(53)32-34-55(58)60;1-2-31-12-11-16-34(26-31)36-27-37(46-30-35-15-5-6-17-39(35)42-20-9-10-21-43(42)46)29-38(28-36)47-44-24-22-32-13-3-7-18-40(32)48(44)50-49-41-19-8-4-14-33(41)23-25-45(47)49;35-21-22-9-11-23(12-10-22)24-13-15-27(16-14-24)32-30-19-17-25-5-1-3-7-28(25)33(30)36-34-29-8-4-2-6-26(29)18-20-31(32)34/h2-39H,1H3;1,3-30H;1-20H. The van der Waals surface area contributed by atoms with Gasteiger partial charge in [-0.05, 0) is 239 Å². The first-order valence-corrected chi connectivity index (χ1v) is 50.1. The van der Waals surface area contributed by atoms with Crippen molar-refractivity contribution in [3.63, 3.8) is 0 Å². The lowest BCUT2D eigenvalue weighted by Gasteiger charge is -2.19. The Bertz CT molecular complexity index is 10000. The minimum Gasteiger partial charge on any atom is -0.246 e. The molecule has 3 aromatic heterocycles. The summed E-state index contributed by atoms with van der Waals surface area (Å²) in [5, 5.41) is 35.0. The maximum atomic E-state index is 9.11. The fourth-order valence-electron chi connectivity index (χ4n) is 22.4. The lowest BCUT2D eigenvalue weighted by Crippen LogP contribution is -1.98. The summed E-state index contributed by atoms with van der Waals surface area (Å²) in [6, 6.07) is 190. The van der Waals surface area contributed by atoms with Crippen molar-refractivity contribution >= 4 is 163 Å². The molecule has 0 saturated carbocycles. The second-order valence-electron chi connectivity index (χ2n) is 38.1. The van der Waals surface area contributed by atoms with Gasteiger partial charge in [0.25, 0.3) is 0 Å². The predicted octanol–water partition coefficient (Wildman–Crippen LogP) is 37.9. The van der Waals surface area contributed by atoms with Gasteiger partial charge in [-0.2, -0.15) is 5.26 Å². The van der Waals surface area contributed by atoms with E-state index in [9.17, 15) is 0 Å². The lowest BCUT2D eigenvalue weighted by atomic mass is 9.84. The third-order valence-electron chi connectivity index (χ3n) is 29.4. The van der Waals surface area contributed by atoms with Crippen LogP contribution in [0.5, 0.6) is 0 Å². The van der Waals surface area contributed by atoms with Gasteiger partial charge in [0, 0.05) is 86.9 Å². The van der Waals surface area contributed by atoms with Gasteiger partial charge in [0.1, 0.15) is 0 Å². The number of fused-ring (bicyclic) bond motifs is 21. The maximum Gasteiger partial charge on any atom is 0.0991 e. The maximum absolute atomic E-state index is 9.11. The number of benzene rings is 25. The smallest absolute Gasteiger partial charge is 0.0991 e. The minimum absolute atomic E-state index is 0.671. The quantitative estimate of drug-likeness (QED) is 0.0529. The number of aromatic nitrogens is 3. The van der Waals surface area contributed by atoms with E-state index >= 15 is 0 Å². The van der Waals surface area contributed by atoms with Gasteiger partial charge >= 0.3 is 0 Å². The van der Waals surface area contributed by atoms with Crippen molar-refractivity contribution in [3.8, 4) is 107 Å². The number of nitriles is 1. The second kappa shape index (κ2) is 37.4. The zero-order valence-electron chi connectivity index (χ0n) is 80.5. The highest BCUT2D eigenvalue weighted by Crippen LogP contribution is 2.50. The van der Waals surface area contributed by atoms with Crippen LogP contribution in [0.4, 0.5) is 0 Å². The molecule has 25 aromatic carbocycles. The van der Waals surface area contributed by atoms with Gasteiger partial charge in [-0.25, -0.2) is 15.0 Å². The molecule has 0 unspecified atom stereocenters. The van der Waals surface area contributed by atoms with Crippen molar-refractivity contribution < 1.29 is 0 Å². The van der Waals surface area contributed by atoms with Crippen molar-refractivity contribution in [2.24, 2.45) is 0 Å². The minimum atomic E-state index is 0.671.